The van der Waals surface area contributed by atoms with Crippen molar-refractivity contribution in [1.29, 1.82) is 0 Å². The summed E-state index contributed by atoms with van der Waals surface area (Å²) in [6.45, 7) is 0. The number of nitrogens with one attached hydrogen (secondary N) is 1. The Labute approximate surface area is 152 Å². The standard InChI is InChI=1S/C20H11NO4S/c1-25-13-7-3-4-9-12-8-26-18(16(12)17(22)15(9)13)10-5-2-6-11-14(10)20(24)21-19(11)23/h2-8H,1H3,(H,21,23,24). The van der Waals surface area contributed by atoms with Crippen LogP contribution in [-0.4, -0.2) is 24.7 Å². The maximum absolute atomic E-state index is 13.1. The number of hydrogen-bond donors (Lipinski definition) is 1. The summed E-state index contributed by atoms with van der Waals surface area (Å²) >= 11 is 1.40. The zero-order chi connectivity index (χ0) is 18.0. The van der Waals surface area contributed by atoms with Crippen LogP contribution in [0.1, 0.15) is 36.6 Å². The molecule has 0 saturated carbocycles. The zero-order valence-electron chi connectivity index (χ0n) is 13.6. The Morgan fingerprint density at radius 1 is 0.808 bits per heavy atom. The van der Waals surface area contributed by atoms with Crippen LogP contribution in [0.5, 0.6) is 5.75 Å². The lowest BCUT2D eigenvalue weighted by Gasteiger charge is -2.07. The van der Waals surface area contributed by atoms with Crippen molar-refractivity contribution in [2.75, 3.05) is 7.11 Å². The largest absolute Gasteiger partial charge is 0.496 e. The minimum atomic E-state index is -0.428. The number of fused-ring (bicyclic) bond motifs is 4. The molecule has 126 valence electrons. The fraction of sp³-hybridized carbons (Fsp3) is 0.0500. The van der Waals surface area contributed by atoms with Crippen LogP contribution in [0.3, 0.4) is 0 Å². The van der Waals surface area contributed by atoms with Crippen molar-refractivity contribution >= 4 is 28.9 Å². The predicted octanol–water partition coefficient (Wildman–Crippen LogP) is 3.52. The van der Waals surface area contributed by atoms with E-state index in [1.807, 2.05) is 17.5 Å². The van der Waals surface area contributed by atoms with E-state index in [1.165, 1.54) is 18.4 Å². The Bertz CT molecular complexity index is 1160. The molecule has 2 heterocycles. The van der Waals surface area contributed by atoms with Gasteiger partial charge < -0.3 is 4.74 Å². The second kappa shape index (κ2) is 5.12. The van der Waals surface area contributed by atoms with E-state index in [-0.39, 0.29) is 5.78 Å². The highest BCUT2D eigenvalue weighted by Gasteiger charge is 2.36. The van der Waals surface area contributed by atoms with Gasteiger partial charge in [-0.3, -0.25) is 19.7 Å². The van der Waals surface area contributed by atoms with Crippen LogP contribution in [0, 0.1) is 0 Å². The molecule has 6 heteroatoms. The van der Waals surface area contributed by atoms with Crippen molar-refractivity contribution in [2.45, 2.75) is 0 Å². The summed E-state index contributed by atoms with van der Waals surface area (Å²) < 4.78 is 5.35. The van der Waals surface area contributed by atoms with Crippen molar-refractivity contribution in [3.63, 3.8) is 0 Å². The van der Waals surface area contributed by atoms with E-state index in [1.54, 1.807) is 24.3 Å². The summed E-state index contributed by atoms with van der Waals surface area (Å²) in [6, 6.07) is 10.6. The van der Waals surface area contributed by atoms with Gasteiger partial charge in [0, 0.05) is 21.6 Å². The van der Waals surface area contributed by atoms with E-state index in [0.717, 1.165) is 11.1 Å². The molecule has 0 saturated heterocycles. The lowest BCUT2D eigenvalue weighted by molar-refractivity contribution is 0.0879. The van der Waals surface area contributed by atoms with Crippen LogP contribution < -0.4 is 10.1 Å². The molecule has 0 fully saturated rings. The molecule has 3 aromatic rings. The minimum absolute atomic E-state index is 0.119. The minimum Gasteiger partial charge on any atom is -0.496 e. The lowest BCUT2D eigenvalue weighted by Crippen LogP contribution is -2.20. The van der Waals surface area contributed by atoms with Gasteiger partial charge in [0.1, 0.15) is 5.75 Å². The summed E-state index contributed by atoms with van der Waals surface area (Å²) in [7, 11) is 1.54. The molecule has 1 N–H and O–H groups in total. The molecule has 1 aliphatic carbocycles. The molecule has 26 heavy (non-hydrogen) atoms. The van der Waals surface area contributed by atoms with Crippen LogP contribution in [0.15, 0.2) is 41.8 Å². The average molecular weight is 361 g/mol. The van der Waals surface area contributed by atoms with Gasteiger partial charge in [0.05, 0.1) is 23.8 Å². The summed E-state index contributed by atoms with van der Waals surface area (Å²) in [5, 5.41) is 4.24. The number of hydrogen-bond acceptors (Lipinski definition) is 5. The number of amides is 2. The molecule has 2 aliphatic rings. The topological polar surface area (TPSA) is 72.5 Å². The highest BCUT2D eigenvalue weighted by Crippen LogP contribution is 2.49. The van der Waals surface area contributed by atoms with Gasteiger partial charge in [-0.2, -0.15) is 0 Å². The van der Waals surface area contributed by atoms with Gasteiger partial charge in [0.25, 0.3) is 11.8 Å². The van der Waals surface area contributed by atoms with Gasteiger partial charge >= 0.3 is 0 Å². The van der Waals surface area contributed by atoms with Crippen LogP contribution in [0.2, 0.25) is 0 Å². The number of thiophene rings is 1. The number of imide groups is 1. The van der Waals surface area contributed by atoms with E-state index in [2.05, 4.69) is 5.32 Å². The van der Waals surface area contributed by atoms with Crippen molar-refractivity contribution in [2.24, 2.45) is 0 Å². The maximum atomic E-state index is 13.1. The van der Waals surface area contributed by atoms with Gasteiger partial charge in [-0.15, -0.1) is 11.3 Å². The highest BCUT2D eigenvalue weighted by molar-refractivity contribution is 7.14. The predicted molar refractivity (Wildman–Crippen MR) is 97.0 cm³/mol. The summed E-state index contributed by atoms with van der Waals surface area (Å²) in [5.74, 6) is -0.420. The molecule has 5 nitrogen and oxygen atoms in total. The zero-order valence-corrected chi connectivity index (χ0v) is 14.4. The van der Waals surface area contributed by atoms with Crippen molar-refractivity contribution in [1.82, 2.24) is 5.32 Å². The number of carbonyl (C=O) groups excluding carboxylic acids is 3. The fourth-order valence-corrected chi connectivity index (χ4v) is 4.77. The maximum Gasteiger partial charge on any atom is 0.259 e. The Balaban J connectivity index is 1.77. The third-order valence-corrected chi connectivity index (χ3v) is 5.80. The number of ether oxygens (including phenoxy) is 1. The Morgan fingerprint density at radius 3 is 2.35 bits per heavy atom. The van der Waals surface area contributed by atoms with E-state index >= 15 is 0 Å². The Kier molecular flexibility index (Phi) is 2.96. The van der Waals surface area contributed by atoms with Crippen LogP contribution in [0.4, 0.5) is 0 Å². The molecule has 1 aliphatic heterocycles. The van der Waals surface area contributed by atoms with Gasteiger partial charge in [-0.25, -0.2) is 0 Å². The fourth-order valence-electron chi connectivity index (χ4n) is 3.67. The molecular weight excluding hydrogens is 350 g/mol. The Hall–Kier alpha value is -3.25. The number of rotatable bonds is 2. The molecule has 0 bridgehead atoms. The van der Waals surface area contributed by atoms with Crippen LogP contribution >= 0.6 is 11.3 Å². The monoisotopic (exact) mass is 361 g/mol. The molecular formula is C20H11NO4S. The highest BCUT2D eigenvalue weighted by atomic mass is 32.1. The van der Waals surface area contributed by atoms with E-state index in [0.29, 0.717) is 38.4 Å². The Morgan fingerprint density at radius 2 is 1.54 bits per heavy atom. The van der Waals surface area contributed by atoms with Gasteiger partial charge in [0.15, 0.2) is 5.78 Å². The third-order valence-electron chi connectivity index (χ3n) is 4.79. The summed E-state index contributed by atoms with van der Waals surface area (Å²) in [4.78, 5) is 38.0. The van der Waals surface area contributed by atoms with Crippen molar-refractivity contribution in [3.8, 4) is 27.3 Å². The SMILES string of the molecule is COc1cccc2c1C(=O)c1c-2csc1-c1cccc2c1C(=O)NC2=O. The van der Waals surface area contributed by atoms with Gasteiger partial charge in [-0.05, 0) is 23.1 Å². The first-order valence-electron chi connectivity index (χ1n) is 7.94. The molecule has 0 atom stereocenters. The number of carbonyl (C=O) groups is 3. The molecule has 1 aromatic heterocycles. The number of methoxy groups -OCH3 is 1. The van der Waals surface area contributed by atoms with E-state index < -0.39 is 11.8 Å². The summed E-state index contributed by atoms with van der Waals surface area (Å²) in [6.07, 6.45) is 0. The third kappa shape index (κ3) is 1.76. The second-order valence-corrected chi connectivity index (χ2v) is 6.96. The molecule has 0 spiro atoms. The quantitative estimate of drug-likeness (QED) is 0.555. The average Bonchev–Trinajstić information content (AvgIpc) is 3.29. The molecule has 0 unspecified atom stereocenters. The summed E-state index contributed by atoms with van der Waals surface area (Å²) in [5.41, 5.74) is 4.06. The van der Waals surface area contributed by atoms with Crippen molar-refractivity contribution < 1.29 is 19.1 Å². The molecule has 5 rings (SSSR count). The van der Waals surface area contributed by atoms with Gasteiger partial charge in [0.2, 0.25) is 0 Å². The number of benzene rings is 2. The second-order valence-electron chi connectivity index (χ2n) is 6.08. The van der Waals surface area contributed by atoms with E-state index in [4.69, 9.17) is 4.74 Å². The first-order valence-corrected chi connectivity index (χ1v) is 8.82. The first kappa shape index (κ1) is 15.0. The molecule has 2 amide bonds. The molecule has 0 radical (unpaired) electrons. The van der Waals surface area contributed by atoms with Crippen LogP contribution in [0.25, 0.3) is 21.6 Å². The normalized spacial score (nSPS) is 14.1. The van der Waals surface area contributed by atoms with Crippen LogP contribution in [-0.2, 0) is 0 Å². The lowest BCUT2D eigenvalue weighted by atomic mass is 9.98. The smallest absolute Gasteiger partial charge is 0.259 e. The first-order chi connectivity index (χ1) is 12.6. The van der Waals surface area contributed by atoms with E-state index in [9.17, 15) is 14.4 Å². The van der Waals surface area contributed by atoms with Gasteiger partial charge in [-0.1, -0.05) is 24.3 Å². The molecule has 2 aromatic carbocycles. The van der Waals surface area contributed by atoms with Crippen molar-refractivity contribution in [3.05, 3.63) is 64.0 Å². The number of ketones is 1.